The minimum atomic E-state index is -7.22. The van der Waals surface area contributed by atoms with Gasteiger partial charge in [0.15, 0.2) is 75.6 Å². The van der Waals surface area contributed by atoms with Crippen molar-refractivity contribution in [3.63, 3.8) is 0 Å². The average Bonchev–Trinajstić information content (AvgIpc) is 3.39. The molecule has 0 N–H and O–H groups in total. The number of aryl methyl sites for hydroxylation is 2. The van der Waals surface area contributed by atoms with Crippen molar-refractivity contribution in [1.29, 1.82) is 0 Å². The molecule has 378 valence electrons. The summed E-state index contributed by atoms with van der Waals surface area (Å²) in [6.45, 7) is 4.23. The van der Waals surface area contributed by atoms with Crippen LogP contribution in [0.3, 0.4) is 0 Å². The molecule has 0 radical (unpaired) electrons. The van der Waals surface area contributed by atoms with Crippen molar-refractivity contribution in [2.24, 2.45) is 0 Å². The third-order valence-electron chi connectivity index (χ3n) is 11.6. The highest BCUT2D eigenvalue weighted by molar-refractivity contribution is 7.92. The van der Waals surface area contributed by atoms with Crippen LogP contribution in [0.2, 0.25) is 0 Å². The topological polar surface area (TPSA) is 9.23 Å². The van der Waals surface area contributed by atoms with Gasteiger partial charge in [-0.25, -0.2) is 87.8 Å². The van der Waals surface area contributed by atoms with Crippen molar-refractivity contribution in [3.8, 4) is 5.75 Å². The van der Waals surface area contributed by atoms with E-state index in [0.29, 0.717) is 0 Å². The summed E-state index contributed by atoms with van der Waals surface area (Å²) in [6, 6.07) is 38.4. The quantitative estimate of drug-likeness (QED) is 0.0460. The van der Waals surface area contributed by atoms with E-state index in [1.54, 1.807) is 0 Å². The van der Waals surface area contributed by atoms with E-state index in [0.717, 1.165) is 11.3 Å². The summed E-state index contributed by atoms with van der Waals surface area (Å²) in [4.78, 5) is 0. The number of benzene rings is 8. The summed E-state index contributed by atoms with van der Waals surface area (Å²) in [5.41, 5.74) is -12.0. The molecule has 0 saturated carbocycles. The van der Waals surface area contributed by atoms with Gasteiger partial charge in [-0.2, -0.15) is 0 Å². The predicted molar refractivity (Wildman–Crippen MR) is 231 cm³/mol. The zero-order valence-electron chi connectivity index (χ0n) is 36.4. The number of hydrogen-bond donors (Lipinski definition) is 0. The molecule has 0 aliphatic carbocycles. The van der Waals surface area contributed by atoms with Crippen LogP contribution in [0, 0.1) is 130 Å². The second-order valence-electron chi connectivity index (χ2n) is 15.8. The van der Waals surface area contributed by atoms with Gasteiger partial charge in [0.2, 0.25) is 0 Å². The molecule has 0 aromatic heterocycles. The SMILES string of the molecule is Cc1ccc(C)c(O[P+](c2ccccc2)(c2ccccc2)c2ccccc2)c1.Fc1c(F)c(F)c([B-](c2c(F)c(F)c(F)c(F)c2F)(c2c(F)c(F)c(F)c(F)c2F)c2c(F)c(F)c(F)c(F)c2F)c(F)c1F. The van der Waals surface area contributed by atoms with Crippen LogP contribution < -0.4 is 42.3 Å². The van der Waals surface area contributed by atoms with E-state index >= 15 is 35.1 Å². The molecule has 23 heteroatoms. The third-order valence-corrected chi connectivity index (χ3v) is 15.2. The second kappa shape index (κ2) is 20.3. The predicted octanol–water partition coefficient (Wildman–Crippen LogP) is 11.4. The highest BCUT2D eigenvalue weighted by atomic mass is 31.2. The van der Waals surface area contributed by atoms with Gasteiger partial charge in [-0.3, -0.25) is 0 Å². The Labute approximate surface area is 399 Å². The molecule has 0 aliphatic heterocycles. The Bertz CT molecular complexity index is 2980. The van der Waals surface area contributed by atoms with Crippen LogP contribution in [-0.2, 0) is 0 Å². The zero-order valence-corrected chi connectivity index (χ0v) is 37.3. The number of hydrogen-bond acceptors (Lipinski definition) is 1. The molecule has 8 aromatic rings. The van der Waals surface area contributed by atoms with Gasteiger partial charge in [-0.15, -0.1) is 21.9 Å². The highest BCUT2D eigenvalue weighted by Crippen LogP contribution is 2.56. The van der Waals surface area contributed by atoms with Crippen LogP contribution in [0.15, 0.2) is 109 Å². The Hall–Kier alpha value is -7.35. The molecule has 0 fully saturated rings. The van der Waals surface area contributed by atoms with Gasteiger partial charge in [0, 0.05) is 0 Å². The molecular weight excluding hydrogens is 1040 g/mol. The van der Waals surface area contributed by atoms with Gasteiger partial charge in [-0.05, 0) is 67.4 Å². The van der Waals surface area contributed by atoms with Crippen LogP contribution in [0.5, 0.6) is 5.75 Å². The maximum atomic E-state index is 15.4. The van der Waals surface area contributed by atoms with Gasteiger partial charge in [0.1, 0.15) is 68.6 Å². The van der Waals surface area contributed by atoms with Gasteiger partial charge >= 0.3 is 0 Å². The highest BCUT2D eigenvalue weighted by Gasteiger charge is 2.53. The lowest BCUT2D eigenvalue weighted by Crippen LogP contribution is -2.81. The molecule has 0 saturated heterocycles. The summed E-state index contributed by atoms with van der Waals surface area (Å²) in [5.74, 6) is -70.5. The fraction of sp³-hybridized carbons (Fsp3) is 0.0400. The average molecular weight is 1060 g/mol. The zero-order chi connectivity index (χ0) is 53.8. The van der Waals surface area contributed by atoms with Gasteiger partial charge < -0.3 is 4.52 Å². The molecule has 8 rings (SSSR count). The minimum absolute atomic E-state index is 0.949. The standard InChI is InChI=1S/C26H24OP.C24BF20/c1-21-18-19-22(2)26(20-21)27-28(23-12-6-3-7-13-23,24-14-8-4-9-15-24)25-16-10-5-11-17-25;26-5-1(6(27)14(35)21(42)13(5)34)25(2-7(28)15(36)22(43)16(37)8(2)29,3-9(30)17(38)23(44)18(39)10(3)31)4-11(32)19(40)24(45)20(41)12(4)33/h3-20H,1-2H3;/q+1;-1. The van der Waals surface area contributed by atoms with Crippen LogP contribution in [0.25, 0.3) is 0 Å². The Morgan fingerprint density at radius 2 is 0.507 bits per heavy atom. The molecule has 0 bridgehead atoms. The monoisotopic (exact) mass is 1060 g/mol. The first-order valence-electron chi connectivity index (χ1n) is 20.5. The molecule has 1 nitrogen and oxygen atoms in total. The van der Waals surface area contributed by atoms with Crippen LogP contribution >= 0.6 is 7.49 Å². The maximum Gasteiger partial charge on any atom is 0.287 e. The first kappa shape index (κ1) is 53.5. The molecular formula is C50H24BF20OP. The second-order valence-corrected chi connectivity index (χ2v) is 18.7. The van der Waals surface area contributed by atoms with Crippen molar-refractivity contribution >= 4 is 51.4 Å². The normalized spacial score (nSPS) is 11.7. The molecule has 73 heavy (non-hydrogen) atoms. The number of rotatable bonds is 9. The van der Waals surface area contributed by atoms with Crippen molar-refractivity contribution in [1.82, 2.24) is 0 Å². The fourth-order valence-electron chi connectivity index (χ4n) is 8.35. The summed E-state index contributed by atoms with van der Waals surface area (Å²) in [7, 11) is -2.32. The summed E-state index contributed by atoms with van der Waals surface area (Å²) in [5, 5.41) is 3.65. The maximum absolute atomic E-state index is 15.4. The Morgan fingerprint density at radius 3 is 0.740 bits per heavy atom. The molecule has 0 unspecified atom stereocenters. The van der Waals surface area contributed by atoms with Crippen molar-refractivity contribution in [2.75, 3.05) is 0 Å². The Kier molecular flexibility index (Phi) is 14.9. The van der Waals surface area contributed by atoms with E-state index in [-0.39, 0.29) is 0 Å². The van der Waals surface area contributed by atoms with Crippen molar-refractivity contribution in [2.45, 2.75) is 13.8 Å². The van der Waals surface area contributed by atoms with Crippen LogP contribution in [0.1, 0.15) is 11.1 Å². The third kappa shape index (κ3) is 8.51. The van der Waals surface area contributed by atoms with E-state index < -0.39 is 152 Å². The van der Waals surface area contributed by atoms with Gasteiger partial charge in [-0.1, -0.05) is 66.7 Å². The molecule has 0 spiro atoms. The van der Waals surface area contributed by atoms with Crippen LogP contribution in [0.4, 0.5) is 87.8 Å². The van der Waals surface area contributed by atoms with E-state index in [4.69, 9.17) is 4.52 Å². The summed E-state index contributed by atoms with van der Waals surface area (Å²) >= 11 is 0. The van der Waals surface area contributed by atoms with E-state index in [1.807, 2.05) is 0 Å². The Balaban J connectivity index is 0.000000237. The molecule has 8 aromatic carbocycles. The van der Waals surface area contributed by atoms with E-state index in [9.17, 15) is 52.7 Å². The van der Waals surface area contributed by atoms with Gasteiger partial charge in [0.05, 0.1) is 0 Å². The van der Waals surface area contributed by atoms with Crippen molar-refractivity contribution in [3.05, 3.63) is 237 Å². The lowest BCUT2D eigenvalue weighted by molar-refractivity contribution is 0.378. The first-order valence-corrected chi connectivity index (χ1v) is 22.2. The molecule has 0 atom stereocenters. The smallest absolute Gasteiger partial charge is 0.287 e. The minimum Gasteiger partial charge on any atom is -0.334 e. The number of halogens is 20. The summed E-state index contributed by atoms with van der Waals surface area (Å²) in [6.07, 6.45) is -7.22. The lowest BCUT2D eigenvalue weighted by atomic mass is 9.12. The van der Waals surface area contributed by atoms with Crippen molar-refractivity contribution < 1.29 is 92.3 Å². The van der Waals surface area contributed by atoms with Crippen LogP contribution in [-0.4, -0.2) is 6.15 Å². The molecule has 0 amide bonds. The Morgan fingerprint density at radius 1 is 0.288 bits per heavy atom. The largest absolute Gasteiger partial charge is 0.334 e. The fourth-order valence-corrected chi connectivity index (χ4v) is 11.8. The van der Waals surface area contributed by atoms with Gasteiger partial charge in [0.25, 0.3) is 7.49 Å². The lowest BCUT2D eigenvalue weighted by Gasteiger charge is -2.44. The first-order chi connectivity index (χ1) is 34.4. The molecule has 0 aliphatic rings. The summed E-state index contributed by atoms with van der Waals surface area (Å²) < 4.78 is 301. The van der Waals surface area contributed by atoms with E-state index in [2.05, 4.69) is 123 Å². The molecule has 0 heterocycles. The van der Waals surface area contributed by atoms with E-state index in [1.165, 1.54) is 21.5 Å².